The number of hydrogen-bond donors (Lipinski definition) is 1. The zero-order chi connectivity index (χ0) is 15.1. The van der Waals surface area contributed by atoms with Crippen LogP contribution in [0, 0.1) is 0 Å². The third kappa shape index (κ3) is 2.47. The molecule has 1 aliphatic carbocycles. The van der Waals surface area contributed by atoms with E-state index >= 15 is 0 Å². The van der Waals surface area contributed by atoms with Gasteiger partial charge in [0.2, 0.25) is 11.0 Å². The molecule has 5 nitrogen and oxygen atoms in total. The van der Waals surface area contributed by atoms with Crippen molar-refractivity contribution in [2.24, 2.45) is 0 Å². The summed E-state index contributed by atoms with van der Waals surface area (Å²) in [5.74, 6) is 1.78. The monoisotopic (exact) mass is 314 g/mol. The van der Waals surface area contributed by atoms with Crippen molar-refractivity contribution in [3.8, 4) is 0 Å². The lowest BCUT2D eigenvalue weighted by Crippen LogP contribution is -2.34. The zero-order valence-corrected chi connectivity index (χ0v) is 13.3. The van der Waals surface area contributed by atoms with Gasteiger partial charge < -0.3 is 10.2 Å². The van der Waals surface area contributed by atoms with Crippen molar-refractivity contribution in [1.82, 2.24) is 9.36 Å². The van der Waals surface area contributed by atoms with Crippen molar-refractivity contribution in [1.29, 1.82) is 0 Å². The third-order valence-electron chi connectivity index (χ3n) is 4.23. The number of hydrogen-bond acceptors (Lipinski definition) is 5. The number of nitrogens with zero attached hydrogens (tertiary/aromatic N) is 3. The van der Waals surface area contributed by atoms with E-state index in [1.165, 1.54) is 29.9 Å². The molecule has 1 aromatic carbocycles. The number of anilines is 3. The van der Waals surface area contributed by atoms with Gasteiger partial charge in [0.15, 0.2) is 0 Å². The van der Waals surface area contributed by atoms with Crippen LogP contribution >= 0.6 is 11.5 Å². The minimum Gasteiger partial charge on any atom is -0.330 e. The van der Waals surface area contributed by atoms with E-state index in [9.17, 15) is 4.79 Å². The highest BCUT2D eigenvalue weighted by atomic mass is 32.1. The number of benzene rings is 1. The summed E-state index contributed by atoms with van der Waals surface area (Å²) in [6.07, 6.45) is 3.84. The summed E-state index contributed by atoms with van der Waals surface area (Å²) in [5.41, 5.74) is 3.28. The smallest absolute Gasteiger partial charge is 0.227 e. The maximum atomic E-state index is 11.9. The Hall–Kier alpha value is -1.95. The number of nitrogens with one attached hydrogen (secondary N) is 1. The van der Waals surface area contributed by atoms with Crippen molar-refractivity contribution in [3.63, 3.8) is 0 Å². The van der Waals surface area contributed by atoms with Gasteiger partial charge >= 0.3 is 0 Å². The van der Waals surface area contributed by atoms with Gasteiger partial charge in [0, 0.05) is 41.8 Å². The molecule has 0 bridgehead atoms. The van der Waals surface area contributed by atoms with Crippen LogP contribution in [0.3, 0.4) is 0 Å². The minimum atomic E-state index is 0.217. The normalized spacial score (nSPS) is 17.5. The van der Waals surface area contributed by atoms with Gasteiger partial charge in [-0.1, -0.05) is 0 Å². The van der Waals surface area contributed by atoms with Crippen molar-refractivity contribution in [3.05, 3.63) is 29.6 Å². The molecular weight excluding hydrogens is 296 g/mol. The standard InChI is InChI=1S/C16H18N4OS/c1-2-20-13-7-6-12(9-11(13)5-8-14(20)21)17-16-18-15(19-22-16)10-3-4-10/h6-7,9-10H,2-5,8H2,1H3,(H,17,18,19). The Morgan fingerprint density at radius 1 is 1.36 bits per heavy atom. The second kappa shape index (κ2) is 5.35. The van der Waals surface area contributed by atoms with Crippen LogP contribution in [0.4, 0.5) is 16.5 Å². The SMILES string of the molecule is CCN1C(=O)CCc2cc(Nc3nc(C4CC4)ns3)ccc21. The van der Waals surface area contributed by atoms with Crippen LogP contribution in [0.15, 0.2) is 18.2 Å². The predicted octanol–water partition coefficient (Wildman–Crippen LogP) is 3.46. The highest BCUT2D eigenvalue weighted by Crippen LogP contribution is 2.39. The van der Waals surface area contributed by atoms with Crippen molar-refractivity contribution >= 4 is 33.9 Å². The summed E-state index contributed by atoms with van der Waals surface area (Å²) >= 11 is 1.42. The quantitative estimate of drug-likeness (QED) is 0.939. The van der Waals surface area contributed by atoms with Gasteiger partial charge in [0.25, 0.3) is 0 Å². The van der Waals surface area contributed by atoms with E-state index in [0.717, 1.165) is 35.3 Å². The molecule has 2 heterocycles. The van der Waals surface area contributed by atoms with E-state index in [2.05, 4.69) is 20.7 Å². The van der Waals surface area contributed by atoms with Crippen LogP contribution in [0.25, 0.3) is 0 Å². The fourth-order valence-electron chi connectivity index (χ4n) is 2.90. The third-order valence-corrected chi connectivity index (χ3v) is 4.88. The molecule has 114 valence electrons. The molecule has 2 aromatic rings. The molecule has 0 saturated heterocycles. The lowest BCUT2D eigenvalue weighted by atomic mass is 10.0. The molecule has 1 saturated carbocycles. The highest BCUT2D eigenvalue weighted by molar-refractivity contribution is 7.09. The number of carbonyl (C=O) groups is 1. The molecular formula is C16H18N4OS. The molecule has 0 spiro atoms. The topological polar surface area (TPSA) is 58.1 Å². The Morgan fingerprint density at radius 2 is 2.23 bits per heavy atom. The minimum absolute atomic E-state index is 0.217. The van der Waals surface area contributed by atoms with E-state index in [0.29, 0.717) is 12.3 Å². The van der Waals surface area contributed by atoms with Gasteiger partial charge in [-0.2, -0.15) is 4.37 Å². The summed E-state index contributed by atoms with van der Waals surface area (Å²) in [4.78, 5) is 18.3. The number of amides is 1. The molecule has 0 unspecified atom stereocenters. The molecule has 0 atom stereocenters. The van der Waals surface area contributed by atoms with E-state index in [-0.39, 0.29) is 5.91 Å². The van der Waals surface area contributed by atoms with Crippen LogP contribution in [-0.2, 0) is 11.2 Å². The van der Waals surface area contributed by atoms with E-state index < -0.39 is 0 Å². The fraction of sp³-hybridized carbons (Fsp3) is 0.438. The van der Waals surface area contributed by atoms with Crippen LogP contribution < -0.4 is 10.2 Å². The van der Waals surface area contributed by atoms with E-state index in [1.807, 2.05) is 24.0 Å². The predicted molar refractivity (Wildman–Crippen MR) is 88.0 cm³/mol. The number of aromatic nitrogens is 2. The van der Waals surface area contributed by atoms with Gasteiger partial charge in [-0.3, -0.25) is 4.79 Å². The molecule has 1 aliphatic heterocycles. The summed E-state index contributed by atoms with van der Waals surface area (Å²) in [7, 11) is 0. The number of carbonyl (C=O) groups excluding carboxylic acids is 1. The first-order chi connectivity index (χ1) is 10.7. The van der Waals surface area contributed by atoms with Gasteiger partial charge in [0.1, 0.15) is 5.82 Å². The lowest BCUT2D eigenvalue weighted by Gasteiger charge is -2.28. The molecule has 1 fully saturated rings. The van der Waals surface area contributed by atoms with Crippen molar-refractivity contribution in [2.75, 3.05) is 16.8 Å². The molecule has 22 heavy (non-hydrogen) atoms. The first-order valence-corrected chi connectivity index (χ1v) is 8.56. The van der Waals surface area contributed by atoms with Crippen molar-refractivity contribution < 1.29 is 4.79 Å². The molecule has 1 amide bonds. The summed E-state index contributed by atoms with van der Waals surface area (Å²) in [6, 6.07) is 6.17. The van der Waals surface area contributed by atoms with Crippen LogP contribution in [0.1, 0.15) is 43.5 Å². The summed E-state index contributed by atoms with van der Waals surface area (Å²) in [5, 5.41) is 4.19. The van der Waals surface area contributed by atoms with Gasteiger partial charge in [0.05, 0.1) is 0 Å². The van der Waals surface area contributed by atoms with E-state index in [1.54, 1.807) is 0 Å². The Kier molecular flexibility index (Phi) is 3.33. The number of fused-ring (bicyclic) bond motifs is 1. The van der Waals surface area contributed by atoms with Gasteiger partial charge in [-0.25, -0.2) is 4.98 Å². The van der Waals surface area contributed by atoms with Gasteiger partial charge in [-0.05, 0) is 49.9 Å². The fourth-order valence-corrected chi connectivity index (χ4v) is 3.57. The molecule has 4 rings (SSSR count). The number of aryl methyl sites for hydroxylation is 1. The molecule has 1 N–H and O–H groups in total. The Balaban J connectivity index is 1.56. The maximum absolute atomic E-state index is 11.9. The van der Waals surface area contributed by atoms with Crippen LogP contribution in [0.2, 0.25) is 0 Å². The zero-order valence-electron chi connectivity index (χ0n) is 12.5. The maximum Gasteiger partial charge on any atom is 0.227 e. The van der Waals surface area contributed by atoms with Crippen molar-refractivity contribution in [2.45, 2.75) is 38.5 Å². The molecule has 6 heteroatoms. The Bertz CT molecular complexity index is 723. The average Bonchev–Trinajstić information content (AvgIpc) is 3.28. The Labute approximate surface area is 133 Å². The first kappa shape index (κ1) is 13.7. The largest absolute Gasteiger partial charge is 0.330 e. The lowest BCUT2D eigenvalue weighted by molar-refractivity contribution is -0.118. The summed E-state index contributed by atoms with van der Waals surface area (Å²) < 4.78 is 4.41. The molecule has 2 aliphatic rings. The highest BCUT2D eigenvalue weighted by Gasteiger charge is 2.28. The molecule has 0 radical (unpaired) electrons. The second-order valence-electron chi connectivity index (χ2n) is 5.84. The van der Waals surface area contributed by atoms with Crippen LogP contribution in [-0.4, -0.2) is 21.8 Å². The Morgan fingerprint density at radius 3 is 3.00 bits per heavy atom. The number of rotatable bonds is 4. The van der Waals surface area contributed by atoms with E-state index in [4.69, 9.17) is 0 Å². The van der Waals surface area contributed by atoms with Crippen LogP contribution in [0.5, 0.6) is 0 Å². The first-order valence-electron chi connectivity index (χ1n) is 7.78. The van der Waals surface area contributed by atoms with Gasteiger partial charge in [-0.15, -0.1) is 0 Å². The molecule has 1 aromatic heterocycles. The second-order valence-corrected chi connectivity index (χ2v) is 6.59. The average molecular weight is 314 g/mol. The summed E-state index contributed by atoms with van der Waals surface area (Å²) in [6.45, 7) is 2.74.